The maximum Gasteiger partial charge on any atom is 0.387 e. The van der Waals surface area contributed by atoms with Crippen LogP contribution < -0.4 is 14.8 Å². The molecule has 1 N–H and O–H groups in total. The lowest BCUT2D eigenvalue weighted by molar-refractivity contribution is -0.0521. The van der Waals surface area contributed by atoms with E-state index in [-0.39, 0.29) is 5.75 Å². The minimum absolute atomic E-state index is 0.105. The van der Waals surface area contributed by atoms with Crippen LogP contribution in [-0.2, 0) is 6.54 Å². The van der Waals surface area contributed by atoms with E-state index in [1.165, 1.54) is 0 Å². The van der Waals surface area contributed by atoms with Crippen LogP contribution in [0.4, 0.5) is 8.78 Å². The summed E-state index contributed by atoms with van der Waals surface area (Å²) in [6.45, 7) is -0.208. The summed E-state index contributed by atoms with van der Waals surface area (Å²) in [6, 6.07) is 5.08. The molecule has 0 aliphatic rings. The second-order valence-corrected chi connectivity index (χ2v) is 3.09. The van der Waals surface area contributed by atoms with E-state index >= 15 is 0 Å². The van der Waals surface area contributed by atoms with Gasteiger partial charge in [0.05, 0.1) is 6.61 Å². The zero-order valence-corrected chi connectivity index (χ0v) is 9.30. The summed E-state index contributed by atoms with van der Waals surface area (Å²) < 4.78 is 34.2. The van der Waals surface area contributed by atoms with Crippen LogP contribution in [0.5, 0.6) is 11.5 Å². The first-order valence-corrected chi connectivity index (χ1v) is 5.03. The van der Waals surface area contributed by atoms with Crippen LogP contribution in [0.15, 0.2) is 18.2 Å². The molecule has 0 atom stereocenters. The summed E-state index contributed by atoms with van der Waals surface area (Å²) in [5.41, 5.74) is 0.647. The molecule has 0 unspecified atom stereocenters. The average Bonchev–Trinajstić information content (AvgIpc) is 2.23. The van der Waals surface area contributed by atoms with Gasteiger partial charge in [-0.1, -0.05) is 12.1 Å². The van der Waals surface area contributed by atoms with Crippen molar-refractivity contribution in [2.45, 2.75) is 20.1 Å². The smallest absolute Gasteiger partial charge is 0.387 e. The lowest BCUT2D eigenvalue weighted by Crippen LogP contribution is -2.11. The molecule has 1 aromatic carbocycles. The number of benzene rings is 1. The molecule has 0 aliphatic carbocycles. The summed E-state index contributed by atoms with van der Waals surface area (Å²) in [4.78, 5) is 0. The fourth-order valence-electron chi connectivity index (χ4n) is 1.38. The molecule has 0 spiro atoms. The molecule has 90 valence electrons. The van der Waals surface area contributed by atoms with Gasteiger partial charge in [-0.05, 0) is 20.0 Å². The van der Waals surface area contributed by atoms with Crippen LogP contribution in [0.2, 0.25) is 0 Å². The number of alkyl halides is 2. The van der Waals surface area contributed by atoms with Crippen molar-refractivity contribution in [3.05, 3.63) is 23.8 Å². The molecule has 0 aliphatic heterocycles. The number of para-hydroxylation sites is 1. The SMILES string of the molecule is CCOc1cccc(CNC)c1OC(F)F. The van der Waals surface area contributed by atoms with Crippen LogP contribution in [0, 0.1) is 0 Å². The Kier molecular flexibility index (Phi) is 4.98. The van der Waals surface area contributed by atoms with Crippen LogP contribution in [0.3, 0.4) is 0 Å². The average molecular weight is 231 g/mol. The molecule has 5 heteroatoms. The van der Waals surface area contributed by atoms with E-state index in [4.69, 9.17) is 4.74 Å². The first kappa shape index (κ1) is 12.7. The van der Waals surface area contributed by atoms with E-state index in [0.29, 0.717) is 24.5 Å². The number of nitrogens with one attached hydrogen (secondary N) is 1. The third-order valence-corrected chi connectivity index (χ3v) is 1.93. The summed E-state index contributed by atoms with van der Waals surface area (Å²) in [7, 11) is 1.74. The molecule has 0 bridgehead atoms. The first-order valence-electron chi connectivity index (χ1n) is 5.03. The van der Waals surface area contributed by atoms with Gasteiger partial charge in [-0.3, -0.25) is 0 Å². The van der Waals surface area contributed by atoms with Gasteiger partial charge >= 0.3 is 6.61 Å². The van der Waals surface area contributed by atoms with E-state index in [1.54, 1.807) is 32.2 Å². The summed E-state index contributed by atoms with van der Waals surface area (Å²) in [6.07, 6.45) is 0. The fraction of sp³-hybridized carbons (Fsp3) is 0.455. The van der Waals surface area contributed by atoms with Gasteiger partial charge in [-0.2, -0.15) is 8.78 Å². The van der Waals surface area contributed by atoms with Gasteiger partial charge in [-0.25, -0.2) is 0 Å². The van der Waals surface area contributed by atoms with Crippen molar-refractivity contribution in [1.29, 1.82) is 0 Å². The van der Waals surface area contributed by atoms with Crippen LogP contribution >= 0.6 is 0 Å². The minimum Gasteiger partial charge on any atom is -0.490 e. The van der Waals surface area contributed by atoms with Gasteiger partial charge in [-0.15, -0.1) is 0 Å². The molecular weight excluding hydrogens is 216 g/mol. The molecule has 16 heavy (non-hydrogen) atoms. The van der Waals surface area contributed by atoms with E-state index in [2.05, 4.69) is 10.1 Å². The zero-order chi connectivity index (χ0) is 12.0. The Labute approximate surface area is 93.4 Å². The highest BCUT2D eigenvalue weighted by atomic mass is 19.3. The largest absolute Gasteiger partial charge is 0.490 e. The Morgan fingerprint density at radius 1 is 1.38 bits per heavy atom. The standard InChI is InChI=1S/C11H15F2NO2/c1-3-15-9-6-4-5-8(7-14-2)10(9)16-11(12)13/h4-6,11,14H,3,7H2,1-2H3. The normalized spacial score (nSPS) is 10.6. The molecule has 0 saturated heterocycles. The number of hydrogen-bond donors (Lipinski definition) is 1. The Morgan fingerprint density at radius 2 is 2.12 bits per heavy atom. The predicted molar refractivity (Wildman–Crippen MR) is 57.0 cm³/mol. The molecular formula is C11H15F2NO2. The minimum atomic E-state index is -2.85. The number of rotatable bonds is 6. The van der Waals surface area contributed by atoms with Crippen LogP contribution in [0.25, 0.3) is 0 Å². The van der Waals surface area contributed by atoms with Gasteiger partial charge < -0.3 is 14.8 Å². The number of halogens is 2. The van der Waals surface area contributed by atoms with Gasteiger partial charge in [0.25, 0.3) is 0 Å². The van der Waals surface area contributed by atoms with Crippen molar-refractivity contribution in [3.63, 3.8) is 0 Å². The quantitative estimate of drug-likeness (QED) is 0.815. The lowest BCUT2D eigenvalue weighted by Gasteiger charge is -2.14. The highest BCUT2D eigenvalue weighted by Gasteiger charge is 2.14. The molecule has 0 saturated carbocycles. The Bertz CT molecular complexity index is 308. The molecule has 1 aromatic rings. The van der Waals surface area contributed by atoms with Crippen LogP contribution in [0.1, 0.15) is 12.5 Å². The first-order chi connectivity index (χ1) is 7.69. The van der Waals surface area contributed by atoms with Crippen LogP contribution in [-0.4, -0.2) is 20.3 Å². The maximum absolute atomic E-state index is 12.3. The Balaban J connectivity index is 3.01. The Morgan fingerprint density at radius 3 is 2.69 bits per heavy atom. The fourth-order valence-corrected chi connectivity index (χ4v) is 1.38. The number of hydrogen-bond acceptors (Lipinski definition) is 3. The molecule has 1 rings (SSSR count). The van der Waals surface area contributed by atoms with E-state index in [1.807, 2.05) is 0 Å². The number of ether oxygens (including phenoxy) is 2. The molecule has 0 radical (unpaired) electrons. The molecule has 0 heterocycles. The monoisotopic (exact) mass is 231 g/mol. The van der Waals surface area contributed by atoms with Crippen molar-refractivity contribution in [2.75, 3.05) is 13.7 Å². The third-order valence-electron chi connectivity index (χ3n) is 1.93. The summed E-state index contributed by atoms with van der Waals surface area (Å²) in [5, 5.41) is 2.89. The summed E-state index contributed by atoms with van der Waals surface area (Å²) in [5.74, 6) is 0.448. The molecule has 0 amide bonds. The van der Waals surface area contributed by atoms with Gasteiger partial charge in [0.2, 0.25) is 0 Å². The molecule has 0 fully saturated rings. The highest BCUT2D eigenvalue weighted by Crippen LogP contribution is 2.32. The van der Waals surface area contributed by atoms with E-state index in [0.717, 1.165) is 0 Å². The second kappa shape index (κ2) is 6.27. The molecule has 3 nitrogen and oxygen atoms in total. The van der Waals surface area contributed by atoms with Gasteiger partial charge in [0, 0.05) is 12.1 Å². The third kappa shape index (κ3) is 3.34. The van der Waals surface area contributed by atoms with Gasteiger partial charge in [0.1, 0.15) is 0 Å². The van der Waals surface area contributed by atoms with Crippen molar-refractivity contribution in [2.24, 2.45) is 0 Å². The maximum atomic E-state index is 12.3. The topological polar surface area (TPSA) is 30.5 Å². The van der Waals surface area contributed by atoms with Crippen molar-refractivity contribution >= 4 is 0 Å². The Hall–Kier alpha value is -1.36. The van der Waals surface area contributed by atoms with Crippen molar-refractivity contribution in [1.82, 2.24) is 5.32 Å². The lowest BCUT2D eigenvalue weighted by atomic mass is 10.2. The van der Waals surface area contributed by atoms with Crippen molar-refractivity contribution in [3.8, 4) is 11.5 Å². The molecule has 0 aromatic heterocycles. The second-order valence-electron chi connectivity index (χ2n) is 3.09. The summed E-state index contributed by atoms with van der Waals surface area (Å²) >= 11 is 0. The van der Waals surface area contributed by atoms with E-state index in [9.17, 15) is 8.78 Å². The zero-order valence-electron chi connectivity index (χ0n) is 9.30. The van der Waals surface area contributed by atoms with Crippen molar-refractivity contribution < 1.29 is 18.3 Å². The highest BCUT2D eigenvalue weighted by molar-refractivity contribution is 5.46. The van der Waals surface area contributed by atoms with E-state index < -0.39 is 6.61 Å². The predicted octanol–water partition coefficient (Wildman–Crippen LogP) is 2.41. The van der Waals surface area contributed by atoms with Gasteiger partial charge in [0.15, 0.2) is 11.5 Å².